The van der Waals surface area contributed by atoms with Crippen LogP contribution in [0.1, 0.15) is 11.1 Å². The summed E-state index contributed by atoms with van der Waals surface area (Å²) in [5.41, 5.74) is 6.67. The molecular formula is C12H14BrF3N2O. The van der Waals surface area contributed by atoms with E-state index in [9.17, 15) is 13.2 Å². The van der Waals surface area contributed by atoms with E-state index in [1.54, 1.807) is 12.1 Å². The van der Waals surface area contributed by atoms with Crippen molar-refractivity contribution in [2.75, 3.05) is 6.61 Å². The first-order valence-electron chi connectivity index (χ1n) is 5.43. The molecule has 3 nitrogen and oxygen atoms in total. The molecule has 19 heavy (non-hydrogen) atoms. The van der Waals surface area contributed by atoms with Crippen molar-refractivity contribution in [3.63, 3.8) is 0 Å². The number of hydrogen-bond donors (Lipinski definition) is 2. The van der Waals surface area contributed by atoms with E-state index < -0.39 is 24.5 Å². The zero-order valence-electron chi connectivity index (χ0n) is 10.4. The second kappa shape index (κ2) is 5.81. The molecule has 1 unspecified atom stereocenters. The second-order valence-corrected chi connectivity index (χ2v) is 5.02. The summed E-state index contributed by atoms with van der Waals surface area (Å²) in [6.45, 7) is 2.94. The van der Waals surface area contributed by atoms with Crippen LogP contribution in [0.15, 0.2) is 16.6 Å². The number of hydrogen-bond acceptors (Lipinski definition) is 2. The summed E-state index contributed by atoms with van der Waals surface area (Å²) in [6, 6.07) is 3.26. The number of nitrogens with two attached hydrogens (primary N) is 1. The predicted octanol–water partition coefficient (Wildman–Crippen LogP) is 3.56. The standard InChI is InChI=1S/C12H14BrF3N2O/c1-6-3-8(4-7(2)10(6)13)19-5-9(11(17)18)12(14,15)16/h3-4,9H,5H2,1-2H3,(H3,17,18). The Morgan fingerprint density at radius 1 is 1.37 bits per heavy atom. The molecule has 0 fully saturated rings. The van der Waals surface area contributed by atoms with Crippen LogP contribution in [-0.2, 0) is 0 Å². The van der Waals surface area contributed by atoms with Crippen molar-refractivity contribution in [1.29, 1.82) is 5.41 Å². The van der Waals surface area contributed by atoms with Gasteiger partial charge < -0.3 is 10.5 Å². The van der Waals surface area contributed by atoms with Crippen LogP contribution in [0.4, 0.5) is 13.2 Å². The topological polar surface area (TPSA) is 59.1 Å². The van der Waals surface area contributed by atoms with Gasteiger partial charge in [0.05, 0.1) is 0 Å². The Morgan fingerprint density at radius 3 is 2.21 bits per heavy atom. The zero-order valence-corrected chi connectivity index (χ0v) is 12.0. The summed E-state index contributed by atoms with van der Waals surface area (Å²) in [5, 5.41) is 6.96. The van der Waals surface area contributed by atoms with Crippen molar-refractivity contribution in [3.05, 3.63) is 27.7 Å². The molecule has 0 radical (unpaired) electrons. The molecule has 0 amide bonds. The lowest BCUT2D eigenvalue weighted by atomic mass is 10.1. The van der Waals surface area contributed by atoms with Crippen LogP contribution in [0.25, 0.3) is 0 Å². The molecule has 0 bridgehead atoms. The van der Waals surface area contributed by atoms with E-state index in [2.05, 4.69) is 15.9 Å². The highest BCUT2D eigenvalue weighted by molar-refractivity contribution is 9.10. The molecule has 0 saturated heterocycles. The Morgan fingerprint density at radius 2 is 1.84 bits per heavy atom. The van der Waals surface area contributed by atoms with Crippen LogP contribution in [-0.4, -0.2) is 18.6 Å². The highest BCUT2D eigenvalue weighted by Crippen LogP contribution is 2.29. The number of rotatable bonds is 4. The fourth-order valence-electron chi connectivity index (χ4n) is 1.53. The van der Waals surface area contributed by atoms with E-state index in [4.69, 9.17) is 15.9 Å². The van der Waals surface area contributed by atoms with Gasteiger partial charge in [0.25, 0.3) is 0 Å². The first-order valence-corrected chi connectivity index (χ1v) is 6.22. The van der Waals surface area contributed by atoms with Gasteiger partial charge in [-0.25, -0.2) is 0 Å². The smallest absolute Gasteiger partial charge is 0.401 e. The molecule has 1 rings (SSSR count). The molecule has 0 aliphatic heterocycles. The third kappa shape index (κ3) is 4.12. The van der Waals surface area contributed by atoms with Crippen molar-refractivity contribution >= 4 is 21.8 Å². The molecule has 0 saturated carbocycles. The predicted molar refractivity (Wildman–Crippen MR) is 70.6 cm³/mol. The van der Waals surface area contributed by atoms with Crippen molar-refractivity contribution in [2.45, 2.75) is 20.0 Å². The van der Waals surface area contributed by atoms with Crippen molar-refractivity contribution in [2.24, 2.45) is 11.7 Å². The highest BCUT2D eigenvalue weighted by atomic mass is 79.9. The van der Waals surface area contributed by atoms with E-state index >= 15 is 0 Å². The lowest BCUT2D eigenvalue weighted by molar-refractivity contribution is -0.162. The van der Waals surface area contributed by atoms with Gasteiger partial charge in [-0.1, -0.05) is 15.9 Å². The maximum absolute atomic E-state index is 12.6. The lowest BCUT2D eigenvalue weighted by Gasteiger charge is -2.19. The fourth-order valence-corrected chi connectivity index (χ4v) is 1.76. The van der Waals surface area contributed by atoms with Gasteiger partial charge in [0.2, 0.25) is 0 Å². The van der Waals surface area contributed by atoms with E-state index in [1.165, 1.54) is 0 Å². The Hall–Kier alpha value is -1.24. The molecule has 1 aromatic rings. The van der Waals surface area contributed by atoms with Gasteiger partial charge in [0.15, 0.2) is 0 Å². The number of amidine groups is 1. The Labute approximate surface area is 117 Å². The number of halogens is 4. The molecule has 0 aliphatic rings. The zero-order chi connectivity index (χ0) is 14.8. The number of nitrogens with one attached hydrogen (secondary N) is 1. The van der Waals surface area contributed by atoms with Gasteiger partial charge in [-0.05, 0) is 37.1 Å². The van der Waals surface area contributed by atoms with Crippen molar-refractivity contribution < 1.29 is 17.9 Å². The molecule has 0 aliphatic carbocycles. The van der Waals surface area contributed by atoms with Gasteiger partial charge >= 0.3 is 6.18 Å². The second-order valence-electron chi connectivity index (χ2n) is 4.23. The van der Waals surface area contributed by atoms with Gasteiger partial charge in [-0.2, -0.15) is 13.2 Å². The third-order valence-electron chi connectivity index (χ3n) is 2.60. The van der Waals surface area contributed by atoms with Crippen LogP contribution in [0, 0.1) is 25.2 Å². The first kappa shape index (κ1) is 15.8. The number of aryl methyl sites for hydroxylation is 2. The summed E-state index contributed by atoms with van der Waals surface area (Å²) >= 11 is 3.36. The summed E-state index contributed by atoms with van der Waals surface area (Å²) in [5.74, 6) is -2.71. The molecule has 3 N–H and O–H groups in total. The molecule has 1 aromatic carbocycles. The molecule has 7 heteroatoms. The highest BCUT2D eigenvalue weighted by Gasteiger charge is 2.42. The maximum atomic E-state index is 12.6. The minimum atomic E-state index is -4.58. The Bertz CT molecular complexity index is 465. The number of benzene rings is 1. The van der Waals surface area contributed by atoms with Crippen LogP contribution in [0.2, 0.25) is 0 Å². The average Bonchev–Trinajstić information content (AvgIpc) is 2.23. The van der Waals surface area contributed by atoms with Crippen LogP contribution < -0.4 is 10.5 Å². The molecule has 0 aromatic heterocycles. The normalized spacial score (nSPS) is 13.2. The quantitative estimate of drug-likeness (QED) is 0.651. The average molecular weight is 339 g/mol. The van der Waals surface area contributed by atoms with E-state index in [1.807, 2.05) is 13.8 Å². The van der Waals surface area contributed by atoms with Gasteiger partial charge in [0.1, 0.15) is 24.1 Å². The van der Waals surface area contributed by atoms with Crippen molar-refractivity contribution in [3.8, 4) is 5.75 Å². The van der Waals surface area contributed by atoms with Gasteiger partial charge in [-0.15, -0.1) is 0 Å². The third-order valence-corrected chi connectivity index (χ3v) is 3.85. The number of alkyl halides is 3. The molecule has 0 spiro atoms. The van der Waals surface area contributed by atoms with E-state index in [0.29, 0.717) is 5.75 Å². The maximum Gasteiger partial charge on any atom is 0.401 e. The lowest BCUT2D eigenvalue weighted by Crippen LogP contribution is -2.39. The van der Waals surface area contributed by atoms with Crippen molar-refractivity contribution in [1.82, 2.24) is 0 Å². The summed E-state index contributed by atoms with van der Waals surface area (Å²) in [7, 11) is 0. The monoisotopic (exact) mass is 338 g/mol. The summed E-state index contributed by atoms with van der Waals surface area (Å²) < 4.78 is 43.8. The van der Waals surface area contributed by atoms with Crippen LogP contribution in [0.3, 0.4) is 0 Å². The van der Waals surface area contributed by atoms with Crippen LogP contribution in [0.5, 0.6) is 5.75 Å². The Kier molecular flexibility index (Phi) is 4.84. The molecular weight excluding hydrogens is 325 g/mol. The first-order chi connectivity index (χ1) is 8.62. The molecule has 1 atom stereocenters. The van der Waals surface area contributed by atoms with E-state index in [0.717, 1.165) is 15.6 Å². The minimum Gasteiger partial charge on any atom is -0.492 e. The summed E-state index contributed by atoms with van der Waals surface area (Å²) in [6.07, 6.45) is -4.58. The van der Waals surface area contributed by atoms with Gasteiger partial charge in [-0.3, -0.25) is 5.41 Å². The number of ether oxygens (including phenoxy) is 1. The largest absolute Gasteiger partial charge is 0.492 e. The SMILES string of the molecule is Cc1cc(OCC(C(=N)N)C(F)(F)F)cc(C)c1Br. The molecule has 106 valence electrons. The van der Waals surface area contributed by atoms with Crippen LogP contribution >= 0.6 is 15.9 Å². The summed E-state index contributed by atoms with van der Waals surface area (Å²) in [4.78, 5) is 0. The minimum absolute atomic E-state index is 0.328. The van der Waals surface area contributed by atoms with E-state index in [-0.39, 0.29) is 0 Å². The Balaban J connectivity index is 2.84. The molecule has 0 heterocycles. The fraction of sp³-hybridized carbons (Fsp3) is 0.417. The van der Waals surface area contributed by atoms with Gasteiger partial charge in [0, 0.05) is 4.47 Å².